The third kappa shape index (κ3) is 4.89. The van der Waals surface area contributed by atoms with E-state index >= 15 is 0 Å². The number of anilines is 3. The maximum Gasteiger partial charge on any atom is 0.144 e. The van der Waals surface area contributed by atoms with Crippen LogP contribution in [0, 0.1) is 0 Å². The summed E-state index contributed by atoms with van der Waals surface area (Å²) in [5.41, 5.74) is 9.36. The number of fused-ring (bicyclic) bond motifs is 11. The Labute approximate surface area is 327 Å². The summed E-state index contributed by atoms with van der Waals surface area (Å²) in [5, 5.41) is 8.45. The molecule has 3 nitrogen and oxygen atoms in total. The van der Waals surface area contributed by atoms with E-state index in [1.807, 2.05) is 34.8 Å². The number of hydrogen-bond acceptors (Lipinski definition) is 6. The molecule has 0 fully saturated rings. The van der Waals surface area contributed by atoms with Gasteiger partial charge < -0.3 is 9.32 Å². The van der Waals surface area contributed by atoms with Crippen LogP contribution in [0.25, 0.3) is 94.2 Å². The van der Waals surface area contributed by atoms with E-state index in [1.165, 1.54) is 40.3 Å². The van der Waals surface area contributed by atoms with Crippen LogP contribution >= 0.6 is 34.0 Å². The van der Waals surface area contributed by atoms with Gasteiger partial charge >= 0.3 is 0 Å². The second-order valence-corrected chi connectivity index (χ2v) is 17.1. The average Bonchev–Trinajstić information content (AvgIpc) is 4.02. The Kier molecular flexibility index (Phi) is 6.84. The number of benzene rings is 8. The summed E-state index contributed by atoms with van der Waals surface area (Å²) < 4.78 is 13.0. The van der Waals surface area contributed by atoms with Gasteiger partial charge in [-0.25, -0.2) is 4.98 Å². The molecular formula is C49H28N2OS3. The third-order valence-electron chi connectivity index (χ3n) is 10.7. The number of hydrogen-bond donors (Lipinski definition) is 0. The molecule has 0 unspecified atom stereocenters. The maximum atomic E-state index is 6.68. The highest BCUT2D eigenvalue weighted by molar-refractivity contribution is 7.26. The van der Waals surface area contributed by atoms with Crippen LogP contribution in [0.1, 0.15) is 0 Å². The van der Waals surface area contributed by atoms with Crippen LogP contribution in [-0.2, 0) is 0 Å². The molecule has 4 heterocycles. The summed E-state index contributed by atoms with van der Waals surface area (Å²) in [6.07, 6.45) is 0. The van der Waals surface area contributed by atoms with E-state index in [0.29, 0.717) is 0 Å². The molecule has 0 saturated carbocycles. The van der Waals surface area contributed by atoms with Gasteiger partial charge in [-0.1, -0.05) is 109 Å². The number of furan rings is 1. The summed E-state index contributed by atoms with van der Waals surface area (Å²) in [6, 6.07) is 61.2. The van der Waals surface area contributed by atoms with Gasteiger partial charge in [0.25, 0.3) is 0 Å². The number of nitrogens with zero attached hydrogens (tertiary/aromatic N) is 2. The highest BCUT2D eigenvalue weighted by atomic mass is 32.1. The number of aromatic nitrogens is 1. The van der Waals surface area contributed by atoms with Gasteiger partial charge in [0, 0.05) is 79.3 Å². The van der Waals surface area contributed by atoms with Crippen molar-refractivity contribution in [1.82, 2.24) is 4.98 Å². The van der Waals surface area contributed by atoms with Crippen molar-refractivity contribution in [3.05, 3.63) is 170 Å². The first-order valence-corrected chi connectivity index (χ1v) is 20.7. The van der Waals surface area contributed by atoms with Crippen molar-refractivity contribution >= 4 is 124 Å². The minimum Gasteiger partial charge on any atom is -0.455 e. The lowest BCUT2D eigenvalue weighted by molar-refractivity contribution is 0.670. The first-order chi connectivity index (χ1) is 27.2. The van der Waals surface area contributed by atoms with Crippen molar-refractivity contribution in [3.63, 3.8) is 0 Å². The Hall–Kier alpha value is -6.31. The SMILES string of the molecule is c1ccc(-c2nc3cc(-c4ccc(N(c5ccc6c(c5)sc5ccccc56)c5ccc6c(c5)sc5ccccc56)cc4)c4oc5ccccc5c4c3s2)cc1. The highest BCUT2D eigenvalue weighted by Gasteiger charge is 2.21. The smallest absolute Gasteiger partial charge is 0.144 e. The largest absolute Gasteiger partial charge is 0.455 e. The molecule has 0 atom stereocenters. The summed E-state index contributed by atoms with van der Waals surface area (Å²) in [6.45, 7) is 0. The van der Waals surface area contributed by atoms with Crippen molar-refractivity contribution in [2.45, 2.75) is 0 Å². The Morgan fingerprint density at radius 1 is 0.436 bits per heavy atom. The fourth-order valence-corrected chi connectivity index (χ4v) is 11.5. The molecule has 0 N–H and O–H groups in total. The molecule has 6 heteroatoms. The van der Waals surface area contributed by atoms with Crippen LogP contribution in [0.15, 0.2) is 174 Å². The molecule has 4 aromatic heterocycles. The molecule has 0 aliphatic rings. The molecule has 258 valence electrons. The van der Waals surface area contributed by atoms with Crippen molar-refractivity contribution < 1.29 is 4.42 Å². The highest BCUT2D eigenvalue weighted by Crippen LogP contribution is 2.46. The predicted octanol–water partition coefficient (Wildman–Crippen LogP) is 15.7. The zero-order chi connectivity index (χ0) is 36.0. The molecule has 0 amide bonds. The van der Waals surface area contributed by atoms with Crippen molar-refractivity contribution in [2.75, 3.05) is 4.90 Å². The van der Waals surface area contributed by atoms with E-state index in [4.69, 9.17) is 9.40 Å². The average molecular weight is 757 g/mol. The molecule has 8 aromatic carbocycles. The monoisotopic (exact) mass is 756 g/mol. The van der Waals surface area contributed by atoms with Crippen LogP contribution in [0.5, 0.6) is 0 Å². The zero-order valence-electron chi connectivity index (χ0n) is 29.2. The lowest BCUT2D eigenvalue weighted by atomic mass is 10.0. The van der Waals surface area contributed by atoms with Gasteiger partial charge in [0.05, 0.1) is 10.2 Å². The van der Waals surface area contributed by atoms with Crippen LogP contribution in [0.3, 0.4) is 0 Å². The van der Waals surface area contributed by atoms with E-state index in [0.717, 1.165) is 70.9 Å². The second kappa shape index (κ2) is 12.1. The van der Waals surface area contributed by atoms with Gasteiger partial charge in [-0.05, 0) is 66.2 Å². The summed E-state index contributed by atoms with van der Waals surface area (Å²) in [7, 11) is 0. The Bertz CT molecular complexity index is 3330. The van der Waals surface area contributed by atoms with Crippen LogP contribution in [0.2, 0.25) is 0 Å². The molecule has 0 bridgehead atoms. The van der Waals surface area contributed by atoms with E-state index in [9.17, 15) is 0 Å². The number of rotatable bonds is 5. The van der Waals surface area contributed by atoms with Gasteiger partial charge in [0.1, 0.15) is 16.2 Å². The Morgan fingerprint density at radius 2 is 1.00 bits per heavy atom. The first kappa shape index (κ1) is 31.1. The molecule has 0 saturated heterocycles. The normalized spacial score (nSPS) is 12.0. The van der Waals surface area contributed by atoms with E-state index in [-0.39, 0.29) is 0 Å². The van der Waals surface area contributed by atoms with Crippen LogP contribution in [-0.4, -0.2) is 4.98 Å². The lowest BCUT2D eigenvalue weighted by Gasteiger charge is -2.26. The van der Waals surface area contributed by atoms with Crippen LogP contribution in [0.4, 0.5) is 17.1 Å². The molecule has 55 heavy (non-hydrogen) atoms. The van der Waals surface area contributed by atoms with Crippen molar-refractivity contribution in [2.24, 2.45) is 0 Å². The fourth-order valence-electron chi connectivity index (χ4n) is 8.13. The Morgan fingerprint density at radius 3 is 1.67 bits per heavy atom. The number of thiazole rings is 1. The van der Waals surface area contributed by atoms with Gasteiger partial charge in [0.2, 0.25) is 0 Å². The lowest BCUT2D eigenvalue weighted by Crippen LogP contribution is -2.09. The van der Waals surface area contributed by atoms with E-state index in [2.05, 4.69) is 163 Å². The van der Waals surface area contributed by atoms with Gasteiger partial charge in [-0.15, -0.1) is 34.0 Å². The Balaban J connectivity index is 1.03. The summed E-state index contributed by atoms with van der Waals surface area (Å²) >= 11 is 5.44. The minimum atomic E-state index is 0.886. The third-order valence-corrected chi connectivity index (χ3v) is 14.1. The summed E-state index contributed by atoms with van der Waals surface area (Å²) in [5.74, 6) is 0. The van der Waals surface area contributed by atoms with Gasteiger partial charge in [-0.3, -0.25) is 0 Å². The number of thiophene rings is 2. The van der Waals surface area contributed by atoms with Crippen molar-refractivity contribution in [1.29, 1.82) is 0 Å². The molecule has 12 rings (SSSR count). The first-order valence-electron chi connectivity index (χ1n) is 18.3. The molecule has 0 spiro atoms. The molecule has 0 radical (unpaired) electrons. The maximum absolute atomic E-state index is 6.68. The molecule has 12 aromatic rings. The van der Waals surface area contributed by atoms with E-state index < -0.39 is 0 Å². The van der Waals surface area contributed by atoms with Crippen LogP contribution < -0.4 is 4.90 Å². The fraction of sp³-hybridized carbons (Fsp3) is 0. The molecular weight excluding hydrogens is 729 g/mol. The van der Waals surface area contributed by atoms with E-state index in [1.54, 1.807) is 11.3 Å². The molecule has 0 aliphatic heterocycles. The predicted molar refractivity (Wildman–Crippen MR) is 238 cm³/mol. The quantitative estimate of drug-likeness (QED) is 0.175. The van der Waals surface area contributed by atoms with Crippen molar-refractivity contribution in [3.8, 4) is 21.7 Å². The second-order valence-electron chi connectivity index (χ2n) is 13.9. The zero-order valence-corrected chi connectivity index (χ0v) is 31.6. The minimum absolute atomic E-state index is 0.886. The summed E-state index contributed by atoms with van der Waals surface area (Å²) in [4.78, 5) is 7.58. The van der Waals surface area contributed by atoms with Gasteiger partial charge in [0.15, 0.2) is 0 Å². The standard InChI is InChI=1S/C49H28N2OS3/c1-2-10-30(11-3-1)49-50-40-28-39(47-46(48(40)55-49)38-14-4-7-15-41(38)52-47)29-18-20-31(21-19-29)51(32-22-24-36-34-12-5-8-16-42(34)53-44(36)26-32)33-23-25-37-35-13-6-9-17-43(35)54-45(37)27-33/h1-28H. The topological polar surface area (TPSA) is 29.3 Å². The number of para-hydroxylation sites is 1. The van der Waals surface area contributed by atoms with Gasteiger partial charge in [-0.2, -0.15) is 0 Å². The molecule has 0 aliphatic carbocycles.